The number of aromatic nitrogens is 1. The van der Waals surface area contributed by atoms with Crippen LogP contribution in [0.2, 0.25) is 5.02 Å². The van der Waals surface area contributed by atoms with E-state index in [1.807, 2.05) is 0 Å². The molecule has 78 valence electrons. The Bertz CT molecular complexity index is 323. The Hall–Kier alpha value is -0.750. The van der Waals surface area contributed by atoms with Crippen molar-refractivity contribution in [3.05, 3.63) is 28.8 Å². The first-order valence-corrected chi connectivity index (χ1v) is 4.22. The van der Waals surface area contributed by atoms with Crippen LogP contribution in [-0.2, 0) is 0 Å². The second-order valence-corrected chi connectivity index (χ2v) is 3.16. The summed E-state index contributed by atoms with van der Waals surface area (Å²) in [4.78, 5) is 3.27. The largest absolute Gasteiger partial charge is 0.394 e. The van der Waals surface area contributed by atoms with Gasteiger partial charge in [-0.1, -0.05) is 11.6 Å². The Morgan fingerprint density at radius 3 is 2.71 bits per heavy atom. The predicted octanol–water partition coefficient (Wildman–Crippen LogP) is 0.261. The highest BCUT2D eigenvalue weighted by atomic mass is 35.5. The van der Waals surface area contributed by atoms with Gasteiger partial charge in [0.1, 0.15) is 12.2 Å². The maximum Gasteiger partial charge on any atom is 0.218 e. The molecule has 4 nitrogen and oxygen atoms in total. The summed E-state index contributed by atoms with van der Waals surface area (Å²) in [5, 5.41) is 27.1. The van der Waals surface area contributed by atoms with E-state index in [9.17, 15) is 9.50 Å². The standard InChI is InChI=1S/C8H9ClFNO3/c9-4-1-5(8(10)11-2-4)7(14)6(13)3-12/h1-2,6-7,12-14H,3H2. The Morgan fingerprint density at radius 2 is 2.14 bits per heavy atom. The molecule has 1 aromatic heterocycles. The summed E-state index contributed by atoms with van der Waals surface area (Å²) in [6.45, 7) is -0.673. The van der Waals surface area contributed by atoms with Crippen molar-refractivity contribution in [2.45, 2.75) is 12.2 Å². The first-order chi connectivity index (χ1) is 6.56. The maximum atomic E-state index is 13.0. The zero-order valence-electron chi connectivity index (χ0n) is 7.06. The molecule has 1 heterocycles. The molecule has 2 unspecified atom stereocenters. The van der Waals surface area contributed by atoms with Crippen molar-refractivity contribution >= 4 is 11.6 Å². The molecule has 14 heavy (non-hydrogen) atoms. The third kappa shape index (κ3) is 2.39. The third-order valence-electron chi connectivity index (χ3n) is 1.70. The molecule has 0 spiro atoms. The van der Waals surface area contributed by atoms with E-state index in [0.717, 1.165) is 12.3 Å². The van der Waals surface area contributed by atoms with Gasteiger partial charge in [0.15, 0.2) is 0 Å². The van der Waals surface area contributed by atoms with Crippen molar-refractivity contribution in [2.24, 2.45) is 0 Å². The molecule has 2 atom stereocenters. The quantitative estimate of drug-likeness (QED) is 0.641. The number of halogens is 2. The monoisotopic (exact) mass is 221 g/mol. The summed E-state index contributed by atoms with van der Waals surface area (Å²) in [6.07, 6.45) is -1.91. The minimum absolute atomic E-state index is 0.144. The average molecular weight is 222 g/mol. The molecule has 6 heteroatoms. The van der Waals surface area contributed by atoms with Gasteiger partial charge < -0.3 is 15.3 Å². The Labute approximate surface area is 84.6 Å². The van der Waals surface area contributed by atoms with Crippen molar-refractivity contribution in [1.29, 1.82) is 0 Å². The van der Waals surface area contributed by atoms with Gasteiger partial charge in [0.2, 0.25) is 5.95 Å². The van der Waals surface area contributed by atoms with Crippen LogP contribution in [0.15, 0.2) is 12.3 Å². The number of hydrogen-bond donors (Lipinski definition) is 3. The first-order valence-electron chi connectivity index (χ1n) is 3.84. The number of nitrogens with zero attached hydrogens (tertiary/aromatic N) is 1. The summed E-state index contributed by atoms with van der Waals surface area (Å²) in [5.74, 6) is -0.922. The fourth-order valence-electron chi connectivity index (χ4n) is 0.953. The zero-order chi connectivity index (χ0) is 10.7. The van der Waals surface area contributed by atoms with E-state index >= 15 is 0 Å². The van der Waals surface area contributed by atoms with Gasteiger partial charge in [0, 0.05) is 11.8 Å². The third-order valence-corrected chi connectivity index (χ3v) is 1.91. The van der Waals surface area contributed by atoms with Crippen molar-refractivity contribution in [2.75, 3.05) is 6.61 Å². The van der Waals surface area contributed by atoms with Crippen LogP contribution in [0.1, 0.15) is 11.7 Å². The van der Waals surface area contributed by atoms with E-state index in [-0.39, 0.29) is 10.6 Å². The van der Waals surface area contributed by atoms with Crippen molar-refractivity contribution in [3.63, 3.8) is 0 Å². The van der Waals surface area contributed by atoms with E-state index in [0.29, 0.717) is 0 Å². The summed E-state index contributed by atoms with van der Waals surface area (Å²) in [6, 6.07) is 1.15. The number of hydrogen-bond acceptors (Lipinski definition) is 4. The molecule has 0 aliphatic heterocycles. The normalized spacial score (nSPS) is 15.2. The highest BCUT2D eigenvalue weighted by molar-refractivity contribution is 6.30. The second kappa shape index (κ2) is 4.65. The lowest BCUT2D eigenvalue weighted by atomic mass is 10.1. The predicted molar refractivity (Wildman–Crippen MR) is 47.3 cm³/mol. The van der Waals surface area contributed by atoms with Gasteiger partial charge in [-0.2, -0.15) is 4.39 Å². The first kappa shape index (κ1) is 11.3. The molecule has 0 saturated heterocycles. The van der Waals surface area contributed by atoms with E-state index in [4.69, 9.17) is 21.8 Å². The molecule has 0 saturated carbocycles. The molecule has 0 radical (unpaired) electrons. The van der Waals surface area contributed by atoms with Crippen LogP contribution >= 0.6 is 11.6 Å². The molecular weight excluding hydrogens is 213 g/mol. The van der Waals surface area contributed by atoms with E-state index in [1.54, 1.807) is 0 Å². The van der Waals surface area contributed by atoms with Gasteiger partial charge in [0.05, 0.1) is 11.6 Å². The number of rotatable bonds is 3. The zero-order valence-corrected chi connectivity index (χ0v) is 7.82. The smallest absolute Gasteiger partial charge is 0.218 e. The van der Waals surface area contributed by atoms with E-state index < -0.39 is 24.8 Å². The topological polar surface area (TPSA) is 73.6 Å². The van der Waals surface area contributed by atoms with Crippen LogP contribution in [0, 0.1) is 5.95 Å². The molecule has 0 amide bonds. The Morgan fingerprint density at radius 1 is 1.50 bits per heavy atom. The highest BCUT2D eigenvalue weighted by Gasteiger charge is 2.21. The van der Waals surface area contributed by atoms with Crippen LogP contribution < -0.4 is 0 Å². The average Bonchev–Trinajstić information content (AvgIpc) is 2.19. The lowest BCUT2D eigenvalue weighted by molar-refractivity contribution is -0.0171. The number of aliphatic hydroxyl groups excluding tert-OH is 3. The number of aliphatic hydroxyl groups is 3. The maximum absolute atomic E-state index is 13.0. The molecule has 3 N–H and O–H groups in total. The summed E-state index contributed by atoms with van der Waals surface area (Å²) in [5.41, 5.74) is -0.237. The fourth-order valence-corrected chi connectivity index (χ4v) is 1.12. The van der Waals surface area contributed by atoms with Crippen LogP contribution in [0.4, 0.5) is 4.39 Å². The molecule has 0 aromatic carbocycles. The van der Waals surface area contributed by atoms with Gasteiger partial charge in [-0.25, -0.2) is 4.98 Å². The highest BCUT2D eigenvalue weighted by Crippen LogP contribution is 2.21. The number of pyridine rings is 1. The van der Waals surface area contributed by atoms with Crippen molar-refractivity contribution in [3.8, 4) is 0 Å². The molecule has 1 rings (SSSR count). The lowest BCUT2D eigenvalue weighted by Gasteiger charge is -2.15. The summed E-state index contributed by atoms with van der Waals surface area (Å²) >= 11 is 5.52. The van der Waals surface area contributed by atoms with Crippen LogP contribution in [-0.4, -0.2) is 33.0 Å². The molecule has 0 aliphatic rings. The van der Waals surface area contributed by atoms with Gasteiger partial charge >= 0.3 is 0 Å². The van der Waals surface area contributed by atoms with E-state index in [1.165, 1.54) is 0 Å². The Kier molecular flexibility index (Phi) is 3.77. The van der Waals surface area contributed by atoms with Crippen molar-refractivity contribution in [1.82, 2.24) is 4.98 Å². The molecule has 0 fully saturated rings. The molecular formula is C8H9ClFNO3. The lowest BCUT2D eigenvalue weighted by Crippen LogP contribution is -2.23. The SMILES string of the molecule is OCC(O)C(O)c1cc(Cl)cnc1F. The molecule has 0 bridgehead atoms. The summed E-state index contributed by atoms with van der Waals surface area (Å²) < 4.78 is 13.0. The molecule has 1 aromatic rings. The molecule has 0 aliphatic carbocycles. The van der Waals surface area contributed by atoms with Gasteiger partial charge in [-0.05, 0) is 6.07 Å². The Balaban J connectivity index is 2.99. The van der Waals surface area contributed by atoms with Crippen molar-refractivity contribution < 1.29 is 19.7 Å². The summed E-state index contributed by atoms with van der Waals surface area (Å²) in [7, 11) is 0. The van der Waals surface area contributed by atoms with Gasteiger partial charge in [-0.3, -0.25) is 0 Å². The van der Waals surface area contributed by atoms with E-state index in [2.05, 4.69) is 4.98 Å². The second-order valence-electron chi connectivity index (χ2n) is 2.73. The van der Waals surface area contributed by atoms with Crippen LogP contribution in [0.5, 0.6) is 0 Å². The minimum Gasteiger partial charge on any atom is -0.394 e. The van der Waals surface area contributed by atoms with Gasteiger partial charge in [-0.15, -0.1) is 0 Å². The van der Waals surface area contributed by atoms with Gasteiger partial charge in [0.25, 0.3) is 0 Å². The minimum atomic E-state index is -1.54. The van der Waals surface area contributed by atoms with Crippen LogP contribution in [0.25, 0.3) is 0 Å². The van der Waals surface area contributed by atoms with Crippen LogP contribution in [0.3, 0.4) is 0 Å². The fraction of sp³-hybridized carbons (Fsp3) is 0.375.